The second-order valence-electron chi connectivity index (χ2n) is 5.62. The van der Waals surface area contributed by atoms with Gasteiger partial charge in [0, 0.05) is 12.1 Å². The Hall–Kier alpha value is -2.53. The molecule has 2 rings (SSSR count). The first kappa shape index (κ1) is 18.8. The Balaban J connectivity index is 1.79. The molecule has 0 aliphatic rings. The zero-order valence-corrected chi connectivity index (χ0v) is 14.6. The highest BCUT2D eigenvalue weighted by atomic mass is 35.5. The maximum absolute atomic E-state index is 12.0. The van der Waals surface area contributed by atoms with Crippen LogP contribution in [-0.4, -0.2) is 23.6 Å². The predicted molar refractivity (Wildman–Crippen MR) is 97.3 cm³/mol. The highest BCUT2D eigenvalue weighted by Crippen LogP contribution is 2.23. The van der Waals surface area contributed by atoms with Crippen molar-refractivity contribution in [2.75, 3.05) is 11.9 Å². The third-order valence-electron chi connectivity index (χ3n) is 3.68. The molecular weight excluding hydrogens is 342 g/mol. The van der Waals surface area contributed by atoms with Crippen LogP contribution >= 0.6 is 11.6 Å². The van der Waals surface area contributed by atoms with Gasteiger partial charge in [-0.2, -0.15) is 0 Å². The van der Waals surface area contributed by atoms with Crippen molar-refractivity contribution in [2.45, 2.75) is 25.7 Å². The molecule has 0 spiro atoms. The molecule has 0 radical (unpaired) electrons. The van der Waals surface area contributed by atoms with E-state index in [1.807, 2.05) is 12.1 Å². The molecule has 5 nitrogen and oxygen atoms in total. The van der Waals surface area contributed by atoms with Gasteiger partial charge in [0.15, 0.2) is 0 Å². The Morgan fingerprint density at radius 1 is 1.20 bits per heavy atom. The van der Waals surface area contributed by atoms with E-state index in [0.717, 1.165) is 0 Å². The molecule has 1 amide bonds. The fourth-order valence-corrected chi connectivity index (χ4v) is 2.42. The highest BCUT2D eigenvalue weighted by Gasteiger charge is 2.14. The molecule has 132 valence electrons. The molecule has 0 saturated carbocycles. The minimum Gasteiger partial charge on any atom is -0.492 e. The van der Waals surface area contributed by atoms with Crippen molar-refractivity contribution in [3.63, 3.8) is 0 Å². The minimum atomic E-state index is -0.903. The fourth-order valence-electron chi connectivity index (χ4n) is 2.23. The maximum Gasteiger partial charge on any atom is 0.310 e. The first-order valence-electron chi connectivity index (χ1n) is 7.97. The van der Waals surface area contributed by atoms with Crippen LogP contribution in [0.25, 0.3) is 0 Å². The number of amides is 1. The summed E-state index contributed by atoms with van der Waals surface area (Å²) in [6.45, 7) is 1.99. The number of carbonyl (C=O) groups excluding carboxylic acids is 1. The monoisotopic (exact) mass is 361 g/mol. The number of carboxylic acids is 1. The number of anilines is 1. The van der Waals surface area contributed by atoms with Crippen LogP contribution in [0.15, 0.2) is 48.5 Å². The van der Waals surface area contributed by atoms with Crippen molar-refractivity contribution in [1.82, 2.24) is 0 Å². The standard InChI is InChI=1S/C19H20ClNO4/c1-13(19(23)24)14-6-4-7-15(12-14)21-18(22)10-5-11-25-17-9-3-2-8-16(17)20/h2-4,6-9,12-13H,5,10-11H2,1H3,(H,21,22)(H,23,24). The average Bonchev–Trinajstić information content (AvgIpc) is 2.59. The van der Waals surface area contributed by atoms with E-state index >= 15 is 0 Å². The zero-order chi connectivity index (χ0) is 18.2. The van der Waals surface area contributed by atoms with Crippen LogP contribution in [-0.2, 0) is 9.59 Å². The van der Waals surface area contributed by atoms with E-state index in [4.69, 9.17) is 21.4 Å². The number of ether oxygens (including phenoxy) is 1. The number of aliphatic carboxylic acids is 1. The summed E-state index contributed by atoms with van der Waals surface area (Å²) in [5, 5.41) is 12.4. The molecule has 0 aliphatic heterocycles. The van der Waals surface area contributed by atoms with E-state index in [9.17, 15) is 9.59 Å². The lowest BCUT2D eigenvalue weighted by molar-refractivity contribution is -0.138. The zero-order valence-electron chi connectivity index (χ0n) is 13.9. The molecule has 0 heterocycles. The number of para-hydroxylation sites is 1. The summed E-state index contributed by atoms with van der Waals surface area (Å²) in [7, 11) is 0. The Labute approximate surface area is 151 Å². The van der Waals surface area contributed by atoms with Crippen molar-refractivity contribution in [1.29, 1.82) is 0 Å². The molecule has 2 aromatic carbocycles. The first-order chi connectivity index (χ1) is 12.0. The van der Waals surface area contributed by atoms with Crippen LogP contribution < -0.4 is 10.1 Å². The maximum atomic E-state index is 12.0. The van der Waals surface area contributed by atoms with Gasteiger partial charge >= 0.3 is 5.97 Å². The van der Waals surface area contributed by atoms with Gasteiger partial charge in [0.1, 0.15) is 5.75 Å². The number of rotatable bonds is 8. The van der Waals surface area contributed by atoms with Crippen molar-refractivity contribution >= 4 is 29.2 Å². The molecule has 25 heavy (non-hydrogen) atoms. The summed E-state index contributed by atoms with van der Waals surface area (Å²) in [5.41, 5.74) is 1.23. The smallest absolute Gasteiger partial charge is 0.310 e. The molecule has 1 unspecified atom stereocenters. The third-order valence-corrected chi connectivity index (χ3v) is 4.00. The quantitative estimate of drug-likeness (QED) is 0.686. The van der Waals surface area contributed by atoms with Crippen molar-refractivity contribution in [2.24, 2.45) is 0 Å². The summed E-state index contributed by atoms with van der Waals surface area (Å²) in [4.78, 5) is 23.0. The SMILES string of the molecule is CC(C(=O)O)c1cccc(NC(=O)CCCOc2ccccc2Cl)c1. The Bertz CT molecular complexity index is 748. The summed E-state index contributed by atoms with van der Waals surface area (Å²) in [6, 6.07) is 14.0. The van der Waals surface area contributed by atoms with Gasteiger partial charge in [-0.3, -0.25) is 9.59 Å². The predicted octanol–water partition coefficient (Wildman–Crippen LogP) is 4.33. The van der Waals surface area contributed by atoms with Gasteiger partial charge in [-0.15, -0.1) is 0 Å². The first-order valence-corrected chi connectivity index (χ1v) is 8.35. The van der Waals surface area contributed by atoms with Gasteiger partial charge in [0.05, 0.1) is 17.5 Å². The molecular formula is C19H20ClNO4. The van der Waals surface area contributed by atoms with Crippen LogP contribution in [0, 0.1) is 0 Å². The van der Waals surface area contributed by atoms with E-state index in [1.54, 1.807) is 43.3 Å². The van der Waals surface area contributed by atoms with Crippen molar-refractivity contribution in [3.05, 3.63) is 59.1 Å². The van der Waals surface area contributed by atoms with E-state index < -0.39 is 11.9 Å². The van der Waals surface area contributed by atoms with Crippen LogP contribution in [0.3, 0.4) is 0 Å². The van der Waals surface area contributed by atoms with Crippen LogP contribution in [0.5, 0.6) is 5.75 Å². The Morgan fingerprint density at radius 2 is 1.96 bits per heavy atom. The fraction of sp³-hybridized carbons (Fsp3) is 0.263. The average molecular weight is 362 g/mol. The Kier molecular flexibility index (Phi) is 6.83. The van der Waals surface area contributed by atoms with E-state index in [2.05, 4.69) is 5.32 Å². The molecule has 0 saturated heterocycles. The topological polar surface area (TPSA) is 75.6 Å². The second-order valence-corrected chi connectivity index (χ2v) is 6.02. The number of benzene rings is 2. The van der Waals surface area contributed by atoms with Gasteiger partial charge in [0.25, 0.3) is 0 Å². The second kappa shape index (κ2) is 9.08. The highest BCUT2D eigenvalue weighted by molar-refractivity contribution is 6.32. The normalized spacial score (nSPS) is 11.6. The van der Waals surface area contributed by atoms with Crippen molar-refractivity contribution < 1.29 is 19.4 Å². The number of hydrogen-bond acceptors (Lipinski definition) is 3. The lowest BCUT2D eigenvalue weighted by Crippen LogP contribution is -2.13. The van der Waals surface area contributed by atoms with E-state index in [0.29, 0.717) is 41.5 Å². The Morgan fingerprint density at radius 3 is 2.68 bits per heavy atom. The largest absolute Gasteiger partial charge is 0.492 e. The number of carboxylic acid groups (broad SMARTS) is 1. The van der Waals surface area contributed by atoms with Crippen LogP contribution in [0.2, 0.25) is 5.02 Å². The summed E-state index contributed by atoms with van der Waals surface area (Å²) in [5.74, 6) is -1.08. The molecule has 1 atom stereocenters. The molecule has 0 bridgehead atoms. The molecule has 6 heteroatoms. The molecule has 0 fully saturated rings. The number of hydrogen-bond donors (Lipinski definition) is 2. The number of nitrogens with one attached hydrogen (secondary N) is 1. The van der Waals surface area contributed by atoms with E-state index in [1.165, 1.54) is 0 Å². The molecule has 0 aliphatic carbocycles. The summed E-state index contributed by atoms with van der Waals surface area (Å²) < 4.78 is 5.54. The van der Waals surface area contributed by atoms with Gasteiger partial charge in [-0.05, 0) is 43.2 Å². The molecule has 2 aromatic rings. The third kappa shape index (κ3) is 5.80. The molecule has 2 N–H and O–H groups in total. The van der Waals surface area contributed by atoms with Gasteiger partial charge in [-0.1, -0.05) is 35.9 Å². The number of carbonyl (C=O) groups is 2. The van der Waals surface area contributed by atoms with E-state index in [-0.39, 0.29) is 5.91 Å². The van der Waals surface area contributed by atoms with Gasteiger partial charge < -0.3 is 15.2 Å². The van der Waals surface area contributed by atoms with Crippen LogP contribution in [0.4, 0.5) is 5.69 Å². The van der Waals surface area contributed by atoms with Gasteiger partial charge in [0.2, 0.25) is 5.91 Å². The number of halogens is 1. The minimum absolute atomic E-state index is 0.150. The van der Waals surface area contributed by atoms with Gasteiger partial charge in [-0.25, -0.2) is 0 Å². The summed E-state index contributed by atoms with van der Waals surface area (Å²) >= 11 is 5.99. The lowest BCUT2D eigenvalue weighted by Gasteiger charge is -2.10. The lowest BCUT2D eigenvalue weighted by atomic mass is 10.0. The van der Waals surface area contributed by atoms with Crippen LogP contribution in [0.1, 0.15) is 31.2 Å². The van der Waals surface area contributed by atoms with Crippen molar-refractivity contribution in [3.8, 4) is 5.75 Å². The molecule has 0 aromatic heterocycles. The summed E-state index contributed by atoms with van der Waals surface area (Å²) in [6.07, 6.45) is 0.839.